The second-order valence-corrected chi connectivity index (χ2v) is 15.0. The predicted octanol–water partition coefficient (Wildman–Crippen LogP) is 7.72. The molecule has 3 rings (SSSR count). The number of nitrogens with zero attached hydrogens (tertiary/aromatic N) is 2. The highest BCUT2D eigenvalue weighted by Crippen LogP contribution is 2.40. The monoisotopic (exact) mass is 517 g/mol. The molecule has 0 atom stereocenters. The molecule has 0 aromatic heterocycles. The Morgan fingerprint density at radius 1 is 0.541 bits per heavy atom. The third-order valence-electron chi connectivity index (χ3n) is 6.73. The highest BCUT2D eigenvalue weighted by atomic mass is 27.2. The Hall–Kier alpha value is -2.09. The molecule has 199 valence electrons. The van der Waals surface area contributed by atoms with Gasteiger partial charge in [-0.05, 0) is 56.0 Å². The minimum Gasteiger partial charge on any atom is -0.615 e. The summed E-state index contributed by atoms with van der Waals surface area (Å²) >= 11 is -0.806. The molecule has 1 aliphatic heterocycles. The molecule has 0 unspecified atom stereocenters. The highest BCUT2D eigenvalue weighted by Gasteiger charge is 2.29. The molecule has 5 heteroatoms. The summed E-state index contributed by atoms with van der Waals surface area (Å²) < 4.78 is 13.1. The largest absolute Gasteiger partial charge is 0.881 e. The van der Waals surface area contributed by atoms with Gasteiger partial charge in [-0.1, -0.05) is 95.2 Å². The molecule has 4 nitrogen and oxygen atoms in total. The lowest BCUT2D eigenvalue weighted by Crippen LogP contribution is -2.23. The van der Waals surface area contributed by atoms with Crippen LogP contribution in [0.2, 0.25) is 0 Å². The molecule has 2 aromatic carbocycles. The Kier molecular flexibility index (Phi) is 8.43. The summed E-state index contributed by atoms with van der Waals surface area (Å²) in [5.41, 5.74) is 6.79. The van der Waals surface area contributed by atoms with Crippen molar-refractivity contribution in [2.45, 2.75) is 105 Å². The fraction of sp³-hybridized carbons (Fsp3) is 0.562. The van der Waals surface area contributed by atoms with Crippen molar-refractivity contribution in [3.05, 3.63) is 57.6 Å². The van der Waals surface area contributed by atoms with Crippen molar-refractivity contribution in [3.8, 4) is 11.5 Å². The Balaban J connectivity index is 2.18. The summed E-state index contributed by atoms with van der Waals surface area (Å²) in [5.74, 6) is 1.76. The molecule has 1 heterocycles. The zero-order valence-corrected chi connectivity index (χ0v) is 26.3. The van der Waals surface area contributed by atoms with E-state index in [-0.39, 0.29) is 21.7 Å². The standard InChI is InChI=1S/C32H48N2O2.Al/c1-29(2,3)23-15-21(27(35)25(17-23)31(7,8)9)19-33-13-14-34-20-22-16-24(30(4,5)6)18-26(28(22)36)32(10,11)12;/h15-20,35-36H,13-14H2,1-12H3;/q;+2/p-2. The first-order valence-electron chi connectivity index (χ1n) is 13.4. The quantitative estimate of drug-likeness (QED) is 0.336. The van der Waals surface area contributed by atoms with Crippen LogP contribution in [0.25, 0.3) is 0 Å². The van der Waals surface area contributed by atoms with Crippen molar-refractivity contribution in [1.82, 2.24) is 0 Å². The summed E-state index contributed by atoms with van der Waals surface area (Å²) in [6, 6.07) is 9.05. The first kappa shape index (κ1) is 29.5. The van der Waals surface area contributed by atoms with Crippen molar-refractivity contribution in [3.63, 3.8) is 0 Å². The van der Waals surface area contributed by atoms with E-state index in [2.05, 4.69) is 107 Å². The fourth-order valence-corrected chi connectivity index (χ4v) is 5.07. The molecule has 0 amide bonds. The molecule has 2 aromatic rings. The lowest BCUT2D eigenvalue weighted by atomic mass is 9.79. The summed E-state index contributed by atoms with van der Waals surface area (Å²) in [7, 11) is 0. The van der Waals surface area contributed by atoms with Gasteiger partial charge in [-0.15, -0.1) is 0 Å². The molecule has 37 heavy (non-hydrogen) atoms. The molecule has 0 N–H and O–H groups in total. The maximum Gasteiger partial charge on any atom is 0.881 e. The van der Waals surface area contributed by atoms with Crippen molar-refractivity contribution >= 4 is 28.3 Å². The van der Waals surface area contributed by atoms with Gasteiger partial charge >= 0.3 is 15.9 Å². The average molecular weight is 518 g/mol. The first-order chi connectivity index (χ1) is 16.9. The van der Waals surface area contributed by atoms with Gasteiger partial charge in [0.05, 0.1) is 24.6 Å². The maximum atomic E-state index is 6.57. The van der Waals surface area contributed by atoms with Gasteiger partial charge in [0, 0.05) is 23.6 Å². The van der Waals surface area contributed by atoms with Gasteiger partial charge in [0.25, 0.3) is 0 Å². The molecule has 0 aliphatic carbocycles. The molecular formula is C32H46AlN2O2. The summed E-state index contributed by atoms with van der Waals surface area (Å²) in [6.07, 6.45) is 3.91. The molecule has 1 radical (unpaired) electrons. The van der Waals surface area contributed by atoms with E-state index in [1.54, 1.807) is 0 Å². The van der Waals surface area contributed by atoms with Gasteiger partial charge in [0.2, 0.25) is 0 Å². The summed E-state index contributed by atoms with van der Waals surface area (Å²) in [5, 5.41) is 0. The minimum absolute atomic E-state index is 0.0169. The highest BCUT2D eigenvalue weighted by molar-refractivity contribution is 6.21. The number of fused-ring (bicyclic) bond motifs is 2. The van der Waals surface area contributed by atoms with Gasteiger partial charge in [-0.2, -0.15) is 0 Å². The van der Waals surface area contributed by atoms with Crippen LogP contribution in [0.1, 0.15) is 116 Å². The van der Waals surface area contributed by atoms with Crippen molar-refractivity contribution in [2.75, 3.05) is 13.1 Å². The van der Waals surface area contributed by atoms with Crippen LogP contribution >= 0.6 is 0 Å². The van der Waals surface area contributed by atoms with Gasteiger partial charge in [0.15, 0.2) is 0 Å². The zero-order valence-electron chi connectivity index (χ0n) is 25.2. The number of rotatable bonds is 0. The Labute approximate surface area is 232 Å². The molecule has 0 spiro atoms. The van der Waals surface area contributed by atoms with E-state index in [0.29, 0.717) is 13.1 Å². The number of hydrogen-bond acceptors (Lipinski definition) is 4. The number of hydrogen-bond donors (Lipinski definition) is 0. The van der Waals surface area contributed by atoms with Crippen LogP contribution in [0.4, 0.5) is 0 Å². The van der Waals surface area contributed by atoms with E-state index in [1.807, 2.05) is 12.4 Å². The second-order valence-electron chi connectivity index (χ2n) is 14.3. The van der Waals surface area contributed by atoms with Crippen molar-refractivity contribution < 1.29 is 7.58 Å². The van der Waals surface area contributed by atoms with Crippen molar-refractivity contribution in [2.24, 2.45) is 9.98 Å². The lowest BCUT2D eigenvalue weighted by molar-refractivity contribution is 0.432. The fourth-order valence-electron chi connectivity index (χ4n) is 4.30. The molecule has 0 saturated carbocycles. The van der Waals surface area contributed by atoms with E-state index in [0.717, 1.165) is 22.6 Å². The van der Waals surface area contributed by atoms with Crippen LogP contribution in [-0.4, -0.2) is 41.4 Å². The van der Waals surface area contributed by atoms with E-state index in [1.165, 1.54) is 22.3 Å². The minimum atomic E-state index is -0.806. The number of benzene rings is 2. The molecule has 0 saturated heterocycles. The lowest BCUT2D eigenvalue weighted by Gasteiger charge is -2.30. The summed E-state index contributed by atoms with van der Waals surface area (Å²) in [6.45, 7) is 28.2. The normalized spacial score (nSPS) is 15.2. The van der Waals surface area contributed by atoms with Crippen LogP contribution in [0, 0.1) is 0 Å². The van der Waals surface area contributed by atoms with Crippen LogP contribution in [-0.2, 0) is 21.7 Å². The molecule has 0 bridgehead atoms. The third-order valence-corrected chi connectivity index (χ3v) is 7.40. The molecular weight excluding hydrogens is 471 g/mol. The average Bonchev–Trinajstić information content (AvgIpc) is 2.75. The third kappa shape index (κ3) is 7.27. The van der Waals surface area contributed by atoms with Crippen molar-refractivity contribution in [1.29, 1.82) is 0 Å². The van der Waals surface area contributed by atoms with E-state index < -0.39 is 15.9 Å². The maximum absolute atomic E-state index is 6.57. The van der Waals surface area contributed by atoms with Crippen LogP contribution < -0.4 is 7.58 Å². The van der Waals surface area contributed by atoms with E-state index in [4.69, 9.17) is 17.6 Å². The topological polar surface area (TPSA) is 43.2 Å². The van der Waals surface area contributed by atoms with Gasteiger partial charge in [0.1, 0.15) is 0 Å². The molecule has 1 aliphatic rings. The van der Waals surface area contributed by atoms with Gasteiger partial charge in [-0.25, -0.2) is 0 Å². The Morgan fingerprint density at radius 2 is 0.892 bits per heavy atom. The SMILES string of the molecule is CC(C)(C)c1cc2c(c(C(C)(C)C)c1)[O][Al][O]c1c(cc(C(C)(C)C)cc1C(C)(C)C)C=NCCN=C2. The Morgan fingerprint density at radius 3 is 1.19 bits per heavy atom. The second kappa shape index (κ2) is 10.6. The van der Waals surface area contributed by atoms with Crippen LogP contribution in [0.5, 0.6) is 11.5 Å². The van der Waals surface area contributed by atoms with E-state index >= 15 is 0 Å². The van der Waals surface area contributed by atoms with Crippen LogP contribution in [0.15, 0.2) is 34.3 Å². The zero-order chi connectivity index (χ0) is 27.8. The van der Waals surface area contributed by atoms with Gasteiger partial charge in [-0.3, -0.25) is 9.98 Å². The smallest absolute Gasteiger partial charge is 0.615 e. The predicted molar refractivity (Wildman–Crippen MR) is 160 cm³/mol. The van der Waals surface area contributed by atoms with Gasteiger partial charge < -0.3 is 7.58 Å². The molecule has 0 fully saturated rings. The summed E-state index contributed by atoms with van der Waals surface area (Å²) in [4.78, 5) is 9.48. The Bertz CT molecular complexity index is 1090. The van der Waals surface area contributed by atoms with E-state index in [9.17, 15) is 0 Å². The number of aliphatic imine (C=N–C) groups is 2. The van der Waals surface area contributed by atoms with Crippen LogP contribution in [0.3, 0.4) is 0 Å². The first-order valence-corrected chi connectivity index (χ1v) is 14.4.